The zero-order valence-electron chi connectivity index (χ0n) is 24.8. The first-order valence-electron chi connectivity index (χ1n) is 14.9. The third-order valence-corrected chi connectivity index (χ3v) is 9.43. The van der Waals surface area contributed by atoms with Crippen LogP contribution in [-0.4, -0.2) is 9.97 Å². The van der Waals surface area contributed by atoms with Crippen molar-refractivity contribution in [2.75, 3.05) is 0 Å². The van der Waals surface area contributed by atoms with E-state index in [1.54, 1.807) is 22.7 Å². The fourth-order valence-electron chi connectivity index (χ4n) is 5.75. The monoisotopic (exact) mass is 614 g/mol. The van der Waals surface area contributed by atoms with Crippen molar-refractivity contribution in [1.29, 1.82) is 0 Å². The van der Waals surface area contributed by atoms with Crippen LogP contribution in [0.1, 0.15) is 12.5 Å². The molecule has 0 radical (unpaired) electrons. The predicted molar refractivity (Wildman–Crippen MR) is 194 cm³/mol. The predicted octanol–water partition coefficient (Wildman–Crippen LogP) is 12.2. The number of allylic oxidation sites excluding steroid dienone is 3. The molecule has 7 rings (SSSR count). The normalized spacial score (nSPS) is 11.5. The van der Waals surface area contributed by atoms with E-state index in [-0.39, 0.29) is 0 Å². The first-order valence-corrected chi connectivity index (χ1v) is 16.7. The molecular weight excluding hydrogens is 585 g/mol. The van der Waals surface area contributed by atoms with E-state index in [9.17, 15) is 0 Å². The van der Waals surface area contributed by atoms with E-state index in [1.807, 2.05) is 30.1 Å². The van der Waals surface area contributed by atoms with E-state index in [4.69, 9.17) is 0 Å². The summed E-state index contributed by atoms with van der Waals surface area (Å²) in [7, 11) is 0. The van der Waals surface area contributed by atoms with Gasteiger partial charge >= 0.3 is 0 Å². The number of rotatable bonds is 8. The maximum absolute atomic E-state index is 4.54. The largest absolute Gasteiger partial charge is 0.245 e. The van der Waals surface area contributed by atoms with Crippen LogP contribution in [0.5, 0.6) is 0 Å². The van der Waals surface area contributed by atoms with Crippen LogP contribution in [0.25, 0.3) is 71.7 Å². The fourth-order valence-corrected chi connectivity index (χ4v) is 7.04. The molecule has 2 nitrogen and oxygen atoms in total. The van der Waals surface area contributed by atoms with Gasteiger partial charge in [0.05, 0.1) is 0 Å². The Morgan fingerprint density at radius 2 is 0.978 bits per heavy atom. The van der Waals surface area contributed by atoms with Crippen LogP contribution in [0, 0.1) is 0 Å². The second-order valence-electron chi connectivity index (χ2n) is 10.6. The zero-order chi connectivity index (χ0) is 30.4. The molecule has 216 valence electrons. The zero-order valence-corrected chi connectivity index (χ0v) is 26.4. The van der Waals surface area contributed by atoms with Crippen molar-refractivity contribution in [3.63, 3.8) is 0 Å². The van der Waals surface area contributed by atoms with Crippen molar-refractivity contribution in [1.82, 2.24) is 9.97 Å². The van der Waals surface area contributed by atoms with Gasteiger partial charge in [-0.2, -0.15) is 0 Å². The van der Waals surface area contributed by atoms with Crippen molar-refractivity contribution < 1.29 is 0 Å². The average Bonchev–Trinajstić information content (AvgIpc) is 3.85. The lowest BCUT2D eigenvalue weighted by Gasteiger charge is -2.23. The summed E-state index contributed by atoms with van der Waals surface area (Å²) in [5, 5.41) is 6.10. The Labute approximate surface area is 272 Å². The summed E-state index contributed by atoms with van der Waals surface area (Å²) in [6.07, 6.45) is 12.2. The molecule has 4 heteroatoms. The molecular formula is C41H30N2S2. The summed E-state index contributed by atoms with van der Waals surface area (Å²) in [5.41, 5.74) is 12.9. The van der Waals surface area contributed by atoms with Gasteiger partial charge < -0.3 is 0 Å². The van der Waals surface area contributed by atoms with Gasteiger partial charge in [0.15, 0.2) is 0 Å². The van der Waals surface area contributed by atoms with E-state index < -0.39 is 0 Å². The molecule has 0 fully saturated rings. The first-order chi connectivity index (χ1) is 22.3. The Morgan fingerprint density at radius 3 is 1.49 bits per heavy atom. The number of hydrogen-bond acceptors (Lipinski definition) is 4. The summed E-state index contributed by atoms with van der Waals surface area (Å²) in [6, 6.07) is 41.6. The Hall–Kier alpha value is -5.16. The van der Waals surface area contributed by atoms with Crippen LogP contribution in [-0.2, 0) is 0 Å². The Bertz CT molecular complexity index is 2060. The van der Waals surface area contributed by atoms with Gasteiger partial charge in [-0.05, 0) is 63.1 Å². The second kappa shape index (κ2) is 13.2. The Balaban J connectivity index is 1.54. The molecule has 45 heavy (non-hydrogen) atoms. The number of thiazole rings is 2. The lowest BCUT2D eigenvalue weighted by atomic mass is 9.80. The first kappa shape index (κ1) is 28.6. The van der Waals surface area contributed by atoms with Crippen molar-refractivity contribution in [3.05, 3.63) is 162 Å². The number of aromatic nitrogens is 2. The van der Waals surface area contributed by atoms with E-state index >= 15 is 0 Å². The number of nitrogens with zero attached hydrogens (tertiary/aromatic N) is 2. The molecule has 0 spiro atoms. The molecule has 0 aliphatic heterocycles. The smallest absolute Gasteiger partial charge is 0.123 e. The molecule has 0 N–H and O–H groups in total. The van der Waals surface area contributed by atoms with Crippen LogP contribution < -0.4 is 0 Å². The van der Waals surface area contributed by atoms with Crippen LogP contribution in [0.4, 0.5) is 0 Å². The van der Waals surface area contributed by atoms with Crippen molar-refractivity contribution in [2.24, 2.45) is 0 Å². The fraction of sp³-hybridized carbons (Fsp3) is 0.0244. The van der Waals surface area contributed by atoms with Crippen molar-refractivity contribution in [3.8, 4) is 65.6 Å². The third kappa shape index (κ3) is 5.99. The van der Waals surface area contributed by atoms with Crippen LogP contribution in [0.2, 0.25) is 0 Å². The van der Waals surface area contributed by atoms with E-state index in [0.29, 0.717) is 0 Å². The van der Waals surface area contributed by atoms with Gasteiger partial charge in [-0.1, -0.05) is 133 Å². The maximum atomic E-state index is 4.54. The summed E-state index contributed by atoms with van der Waals surface area (Å²) in [6.45, 7) is 2.05. The Kier molecular flexibility index (Phi) is 8.41. The minimum absolute atomic E-state index is 1.03. The van der Waals surface area contributed by atoms with Gasteiger partial charge in [0, 0.05) is 34.3 Å². The van der Waals surface area contributed by atoms with E-state index in [2.05, 4.69) is 150 Å². The van der Waals surface area contributed by atoms with E-state index in [0.717, 1.165) is 37.8 Å². The summed E-state index contributed by atoms with van der Waals surface area (Å²) >= 11 is 3.32. The van der Waals surface area contributed by atoms with Gasteiger partial charge in [0.1, 0.15) is 10.0 Å². The van der Waals surface area contributed by atoms with Crippen molar-refractivity contribution >= 4 is 28.7 Å². The molecule has 0 aliphatic rings. The molecule has 0 atom stereocenters. The van der Waals surface area contributed by atoms with Gasteiger partial charge in [0.2, 0.25) is 0 Å². The summed E-state index contributed by atoms with van der Waals surface area (Å²) in [5.74, 6) is 0. The van der Waals surface area contributed by atoms with Crippen LogP contribution in [0.15, 0.2) is 157 Å². The van der Waals surface area contributed by atoms with Crippen molar-refractivity contribution in [2.45, 2.75) is 6.92 Å². The molecule has 0 unspecified atom stereocenters. The highest BCUT2D eigenvalue weighted by Crippen LogP contribution is 2.48. The third-order valence-electron chi connectivity index (χ3n) is 7.79. The standard InChI is InChI=1S/C41H30N2S2/c1-2-3-6-15-35-28-36(29-16-20-33(21-17-29)40-42-24-26-44-40)38(30-11-7-4-8-12-30)39(31-13-9-5-10-14-31)37(35)32-18-22-34(23-19-32)41-43-25-27-45-41/h2-28H,1H3/b3-2-,15-6-. The molecule has 0 bridgehead atoms. The summed E-state index contributed by atoms with van der Waals surface area (Å²) < 4.78 is 0. The highest BCUT2D eigenvalue weighted by atomic mass is 32.1. The number of hydrogen-bond donors (Lipinski definition) is 0. The quantitative estimate of drug-likeness (QED) is 0.159. The topological polar surface area (TPSA) is 25.8 Å². The highest BCUT2D eigenvalue weighted by molar-refractivity contribution is 7.13. The average molecular weight is 615 g/mol. The lowest BCUT2D eigenvalue weighted by molar-refractivity contribution is 1.41. The van der Waals surface area contributed by atoms with Crippen LogP contribution >= 0.6 is 22.7 Å². The molecule has 2 heterocycles. The molecule has 0 aliphatic carbocycles. The van der Waals surface area contributed by atoms with Gasteiger partial charge in [0.25, 0.3) is 0 Å². The molecule has 5 aromatic carbocycles. The minimum Gasteiger partial charge on any atom is -0.245 e. The highest BCUT2D eigenvalue weighted by Gasteiger charge is 2.22. The Morgan fingerprint density at radius 1 is 0.489 bits per heavy atom. The lowest BCUT2D eigenvalue weighted by Crippen LogP contribution is -1.98. The molecule has 0 amide bonds. The second-order valence-corrected chi connectivity index (χ2v) is 12.4. The van der Waals surface area contributed by atoms with E-state index in [1.165, 1.54) is 33.4 Å². The van der Waals surface area contributed by atoms with Gasteiger partial charge in [-0.3, -0.25) is 0 Å². The SMILES string of the molecule is C/C=C\C=C/c1cc(-c2ccc(-c3nccs3)cc2)c(-c2ccccc2)c(-c2ccccc2)c1-c1ccc(-c2nccs2)cc1. The van der Waals surface area contributed by atoms with Gasteiger partial charge in [-0.25, -0.2) is 9.97 Å². The molecule has 2 aromatic heterocycles. The van der Waals surface area contributed by atoms with Gasteiger partial charge in [-0.15, -0.1) is 22.7 Å². The maximum Gasteiger partial charge on any atom is 0.123 e. The molecule has 0 saturated heterocycles. The number of benzene rings is 5. The molecule has 0 saturated carbocycles. The summed E-state index contributed by atoms with van der Waals surface area (Å²) in [4.78, 5) is 9.07. The van der Waals surface area contributed by atoms with Crippen LogP contribution in [0.3, 0.4) is 0 Å². The minimum atomic E-state index is 1.03. The molecule has 7 aromatic rings.